The van der Waals surface area contributed by atoms with E-state index in [9.17, 15) is 4.79 Å². The van der Waals surface area contributed by atoms with Gasteiger partial charge in [0.25, 0.3) is 5.91 Å². The van der Waals surface area contributed by atoms with E-state index in [1.807, 2.05) is 54.6 Å². The minimum atomic E-state index is -0.0646. The summed E-state index contributed by atoms with van der Waals surface area (Å²) in [5, 5.41) is 0.698. The number of carbonyl (C=O) groups excluding carboxylic acids is 1. The highest BCUT2D eigenvalue weighted by molar-refractivity contribution is 7.22. The van der Waals surface area contributed by atoms with E-state index in [2.05, 4.69) is 18.0 Å². The second kappa shape index (κ2) is 7.06. The van der Waals surface area contributed by atoms with Crippen LogP contribution >= 0.6 is 11.3 Å². The summed E-state index contributed by atoms with van der Waals surface area (Å²) in [4.78, 5) is 23.8. The van der Waals surface area contributed by atoms with E-state index < -0.39 is 0 Å². The molecule has 0 saturated carbocycles. The topological polar surface area (TPSA) is 46.1 Å². The van der Waals surface area contributed by atoms with Crippen molar-refractivity contribution in [3.63, 3.8) is 0 Å². The molecular formula is C21H17N3OS. The van der Waals surface area contributed by atoms with Gasteiger partial charge in [-0.15, -0.1) is 0 Å². The van der Waals surface area contributed by atoms with Gasteiger partial charge >= 0.3 is 0 Å². The Bertz CT molecular complexity index is 1040. The van der Waals surface area contributed by atoms with Crippen molar-refractivity contribution in [1.82, 2.24) is 9.97 Å². The average Bonchev–Trinajstić information content (AvgIpc) is 3.10. The molecule has 0 bridgehead atoms. The molecule has 0 saturated heterocycles. The smallest absolute Gasteiger partial charge is 0.260 e. The van der Waals surface area contributed by atoms with Gasteiger partial charge in [0.1, 0.15) is 0 Å². The second-order valence-electron chi connectivity index (χ2n) is 6.09. The third kappa shape index (κ3) is 3.34. The number of nitrogens with zero attached hydrogens (tertiary/aromatic N) is 3. The number of benzene rings is 2. The van der Waals surface area contributed by atoms with Crippen LogP contribution in [0.4, 0.5) is 5.13 Å². The fourth-order valence-corrected chi connectivity index (χ4v) is 3.83. The van der Waals surface area contributed by atoms with Gasteiger partial charge in [-0.1, -0.05) is 41.7 Å². The predicted octanol–water partition coefficient (Wildman–Crippen LogP) is 4.85. The van der Waals surface area contributed by atoms with Gasteiger partial charge in [-0.25, -0.2) is 4.98 Å². The summed E-state index contributed by atoms with van der Waals surface area (Å²) in [5.74, 6) is -0.0646. The Kier molecular flexibility index (Phi) is 4.46. The van der Waals surface area contributed by atoms with Gasteiger partial charge in [-0.3, -0.25) is 14.7 Å². The zero-order valence-electron chi connectivity index (χ0n) is 14.3. The minimum Gasteiger partial charge on any atom is -0.279 e. The van der Waals surface area contributed by atoms with E-state index in [1.165, 1.54) is 16.9 Å². The zero-order chi connectivity index (χ0) is 17.9. The van der Waals surface area contributed by atoms with Gasteiger partial charge in [-0.2, -0.15) is 0 Å². The second-order valence-corrected chi connectivity index (χ2v) is 7.10. The average molecular weight is 359 g/mol. The number of hydrogen-bond acceptors (Lipinski definition) is 4. The van der Waals surface area contributed by atoms with Crippen LogP contribution in [0, 0.1) is 6.92 Å². The minimum absolute atomic E-state index is 0.0646. The highest BCUT2D eigenvalue weighted by atomic mass is 32.1. The molecule has 2 aromatic carbocycles. The van der Waals surface area contributed by atoms with Crippen LogP contribution in [-0.2, 0) is 6.54 Å². The molecule has 0 aliphatic carbocycles. The van der Waals surface area contributed by atoms with Crippen molar-refractivity contribution in [2.24, 2.45) is 0 Å². The number of carbonyl (C=O) groups is 1. The fraction of sp³-hybridized carbons (Fsp3) is 0.0952. The summed E-state index contributed by atoms with van der Waals surface area (Å²) in [5.41, 5.74) is 3.70. The molecule has 0 radical (unpaired) electrons. The van der Waals surface area contributed by atoms with Crippen molar-refractivity contribution >= 4 is 32.6 Å². The molecule has 0 atom stereocenters. The van der Waals surface area contributed by atoms with E-state index >= 15 is 0 Å². The summed E-state index contributed by atoms with van der Waals surface area (Å²) < 4.78 is 1.08. The third-order valence-electron chi connectivity index (χ3n) is 4.09. The number of pyridine rings is 1. The van der Waals surface area contributed by atoms with Crippen LogP contribution in [0.1, 0.15) is 21.5 Å². The summed E-state index contributed by atoms with van der Waals surface area (Å²) >= 11 is 1.54. The lowest BCUT2D eigenvalue weighted by atomic mass is 10.2. The molecule has 26 heavy (non-hydrogen) atoms. The summed E-state index contributed by atoms with van der Waals surface area (Å²) in [6, 6.07) is 19.3. The van der Waals surface area contributed by atoms with Crippen molar-refractivity contribution in [2.45, 2.75) is 13.5 Å². The molecule has 0 aliphatic rings. The van der Waals surface area contributed by atoms with Gasteiger partial charge in [0.15, 0.2) is 5.13 Å². The number of hydrogen-bond donors (Lipinski definition) is 0. The van der Waals surface area contributed by atoms with E-state index in [-0.39, 0.29) is 5.91 Å². The molecule has 0 aliphatic heterocycles. The van der Waals surface area contributed by atoms with Crippen molar-refractivity contribution < 1.29 is 4.79 Å². The summed E-state index contributed by atoms with van der Waals surface area (Å²) in [7, 11) is 0. The lowest BCUT2D eigenvalue weighted by Gasteiger charge is -2.20. The Labute approximate surface area is 155 Å². The first-order valence-corrected chi connectivity index (χ1v) is 9.15. The molecule has 128 valence electrons. The summed E-state index contributed by atoms with van der Waals surface area (Å²) in [6.07, 6.45) is 3.51. The lowest BCUT2D eigenvalue weighted by Crippen LogP contribution is -2.30. The predicted molar refractivity (Wildman–Crippen MR) is 106 cm³/mol. The van der Waals surface area contributed by atoms with Gasteiger partial charge in [0, 0.05) is 18.0 Å². The number of rotatable bonds is 4. The van der Waals surface area contributed by atoms with Crippen LogP contribution in [0.2, 0.25) is 0 Å². The Morgan fingerprint density at radius 1 is 1.08 bits per heavy atom. The number of anilines is 1. The first-order chi connectivity index (χ1) is 12.7. The Morgan fingerprint density at radius 2 is 1.92 bits per heavy atom. The summed E-state index contributed by atoms with van der Waals surface area (Å²) in [6.45, 7) is 2.49. The number of amides is 1. The van der Waals surface area contributed by atoms with E-state index in [4.69, 9.17) is 4.98 Å². The quantitative estimate of drug-likeness (QED) is 0.523. The van der Waals surface area contributed by atoms with E-state index in [0.717, 1.165) is 15.8 Å². The van der Waals surface area contributed by atoms with Crippen LogP contribution in [0.3, 0.4) is 0 Å². The first kappa shape index (κ1) is 16.4. The molecular weight excluding hydrogens is 342 g/mol. The molecule has 4 aromatic rings. The molecule has 2 aromatic heterocycles. The maximum Gasteiger partial charge on any atom is 0.260 e. The van der Waals surface area contributed by atoms with Gasteiger partial charge < -0.3 is 0 Å². The lowest BCUT2D eigenvalue weighted by molar-refractivity contribution is 0.0985. The van der Waals surface area contributed by atoms with E-state index in [1.54, 1.807) is 17.3 Å². The molecule has 4 rings (SSSR count). The van der Waals surface area contributed by atoms with E-state index in [0.29, 0.717) is 17.2 Å². The number of aryl methyl sites for hydroxylation is 1. The van der Waals surface area contributed by atoms with Crippen LogP contribution in [0.25, 0.3) is 10.2 Å². The highest BCUT2D eigenvalue weighted by Crippen LogP contribution is 2.31. The van der Waals surface area contributed by atoms with Crippen LogP contribution in [0.5, 0.6) is 0 Å². The maximum absolute atomic E-state index is 13.2. The van der Waals surface area contributed by atoms with Gasteiger partial charge in [0.05, 0.1) is 16.8 Å². The maximum atomic E-state index is 13.2. The monoisotopic (exact) mass is 359 g/mol. The molecule has 5 heteroatoms. The van der Waals surface area contributed by atoms with Gasteiger partial charge in [-0.05, 0) is 48.4 Å². The largest absolute Gasteiger partial charge is 0.279 e. The number of thiazole rings is 1. The Morgan fingerprint density at radius 3 is 2.69 bits per heavy atom. The van der Waals surface area contributed by atoms with Crippen molar-refractivity contribution in [3.8, 4) is 0 Å². The van der Waals surface area contributed by atoms with Gasteiger partial charge in [0.2, 0.25) is 0 Å². The SMILES string of the molecule is Cc1ccc2nc(N(Cc3cccnc3)C(=O)c3ccccc3)sc2c1. The molecule has 0 N–H and O–H groups in total. The first-order valence-electron chi connectivity index (χ1n) is 8.34. The van der Waals surface area contributed by atoms with Crippen molar-refractivity contribution in [1.29, 1.82) is 0 Å². The standard InChI is InChI=1S/C21H17N3OS/c1-15-9-10-18-19(12-15)26-21(23-18)24(14-16-6-5-11-22-13-16)20(25)17-7-3-2-4-8-17/h2-13H,14H2,1H3. The Balaban J connectivity index is 1.77. The zero-order valence-corrected chi connectivity index (χ0v) is 15.1. The number of aromatic nitrogens is 2. The van der Waals surface area contributed by atoms with Crippen molar-refractivity contribution in [2.75, 3.05) is 4.90 Å². The molecule has 2 heterocycles. The number of fused-ring (bicyclic) bond motifs is 1. The molecule has 1 amide bonds. The Hall–Kier alpha value is -3.05. The van der Waals surface area contributed by atoms with Crippen LogP contribution in [0.15, 0.2) is 73.1 Å². The fourth-order valence-electron chi connectivity index (χ4n) is 2.77. The van der Waals surface area contributed by atoms with Crippen LogP contribution < -0.4 is 4.90 Å². The van der Waals surface area contributed by atoms with Crippen molar-refractivity contribution in [3.05, 3.63) is 89.7 Å². The third-order valence-corrected chi connectivity index (χ3v) is 5.13. The molecule has 0 unspecified atom stereocenters. The molecule has 4 nitrogen and oxygen atoms in total. The molecule has 0 spiro atoms. The normalized spacial score (nSPS) is 10.8. The molecule has 0 fully saturated rings. The van der Waals surface area contributed by atoms with Crippen LogP contribution in [-0.4, -0.2) is 15.9 Å². The highest BCUT2D eigenvalue weighted by Gasteiger charge is 2.21.